The van der Waals surface area contributed by atoms with Gasteiger partial charge in [0.2, 0.25) is 0 Å². The smallest absolute Gasteiger partial charge is 0.182 e. The van der Waals surface area contributed by atoms with Gasteiger partial charge in [0.05, 0.1) is 11.1 Å². The molecule has 4 rings (SSSR count). The van der Waals surface area contributed by atoms with E-state index in [-0.39, 0.29) is 5.41 Å². The summed E-state index contributed by atoms with van der Waals surface area (Å²) in [5, 5.41) is 8.91. The van der Waals surface area contributed by atoms with Crippen LogP contribution >= 0.6 is 0 Å². The molecule has 0 N–H and O–H groups in total. The Morgan fingerprint density at radius 1 is 1.10 bits per heavy atom. The average Bonchev–Trinajstić information content (AvgIpc) is 3.25. The zero-order valence-corrected chi connectivity index (χ0v) is 12.3. The first-order valence-electron chi connectivity index (χ1n) is 7.43. The largest absolute Gasteiger partial charge is 0.283 e. The van der Waals surface area contributed by atoms with Crippen molar-refractivity contribution in [2.24, 2.45) is 0 Å². The molecule has 21 heavy (non-hydrogen) atoms. The van der Waals surface area contributed by atoms with Gasteiger partial charge in [-0.2, -0.15) is 0 Å². The van der Waals surface area contributed by atoms with Gasteiger partial charge in [0.15, 0.2) is 5.65 Å². The second-order valence-corrected chi connectivity index (χ2v) is 6.29. The van der Waals surface area contributed by atoms with E-state index in [1.807, 2.05) is 18.5 Å². The zero-order chi connectivity index (χ0) is 14.4. The number of aromatic nitrogens is 4. The third-order valence-electron chi connectivity index (χ3n) is 4.37. The van der Waals surface area contributed by atoms with Crippen molar-refractivity contribution in [3.05, 3.63) is 59.8 Å². The molecule has 4 heteroatoms. The quantitative estimate of drug-likeness (QED) is 0.738. The van der Waals surface area contributed by atoms with Crippen molar-refractivity contribution in [2.75, 3.05) is 0 Å². The molecule has 3 aromatic rings. The second kappa shape index (κ2) is 4.38. The minimum Gasteiger partial charge on any atom is -0.283 e. The van der Waals surface area contributed by atoms with Crippen LogP contribution in [-0.4, -0.2) is 19.6 Å². The summed E-state index contributed by atoms with van der Waals surface area (Å²) in [7, 11) is 0. The molecule has 0 amide bonds. The lowest BCUT2D eigenvalue weighted by atomic mass is 9.84. The molecule has 4 nitrogen and oxygen atoms in total. The number of benzene rings is 1. The van der Waals surface area contributed by atoms with Crippen LogP contribution < -0.4 is 0 Å². The SMILES string of the molecule is CC(C)(c1ccccc1)c1nnc2c(C3CC3)nccn12. The monoisotopic (exact) mass is 278 g/mol. The van der Waals surface area contributed by atoms with Gasteiger partial charge in [-0.05, 0) is 32.3 Å². The van der Waals surface area contributed by atoms with Gasteiger partial charge in [0, 0.05) is 18.3 Å². The third kappa shape index (κ3) is 1.94. The van der Waals surface area contributed by atoms with E-state index in [0.717, 1.165) is 17.2 Å². The fourth-order valence-corrected chi connectivity index (χ4v) is 2.90. The van der Waals surface area contributed by atoms with E-state index in [1.165, 1.54) is 18.4 Å². The van der Waals surface area contributed by atoms with Gasteiger partial charge in [0.25, 0.3) is 0 Å². The van der Waals surface area contributed by atoms with Crippen molar-refractivity contribution in [2.45, 2.75) is 38.0 Å². The van der Waals surface area contributed by atoms with E-state index in [4.69, 9.17) is 0 Å². The van der Waals surface area contributed by atoms with Crippen molar-refractivity contribution in [3.63, 3.8) is 0 Å². The molecule has 1 saturated carbocycles. The van der Waals surface area contributed by atoms with E-state index in [2.05, 4.69) is 57.7 Å². The fraction of sp³-hybridized carbons (Fsp3) is 0.353. The highest BCUT2D eigenvalue weighted by Gasteiger charge is 2.32. The molecule has 0 radical (unpaired) electrons. The van der Waals surface area contributed by atoms with E-state index < -0.39 is 0 Å². The number of nitrogens with zero attached hydrogens (tertiary/aromatic N) is 4. The summed E-state index contributed by atoms with van der Waals surface area (Å²) >= 11 is 0. The molecule has 1 aliphatic carbocycles. The Morgan fingerprint density at radius 2 is 1.86 bits per heavy atom. The van der Waals surface area contributed by atoms with Gasteiger partial charge in [-0.1, -0.05) is 30.3 Å². The molecule has 106 valence electrons. The molecule has 1 aliphatic rings. The molecule has 0 atom stereocenters. The van der Waals surface area contributed by atoms with Crippen molar-refractivity contribution in [1.29, 1.82) is 0 Å². The van der Waals surface area contributed by atoms with Gasteiger partial charge >= 0.3 is 0 Å². The van der Waals surface area contributed by atoms with Crippen molar-refractivity contribution >= 4 is 5.65 Å². The highest BCUT2D eigenvalue weighted by Crippen LogP contribution is 2.41. The van der Waals surface area contributed by atoms with Crippen LogP contribution in [0, 0.1) is 0 Å². The first-order valence-corrected chi connectivity index (χ1v) is 7.43. The lowest BCUT2D eigenvalue weighted by Crippen LogP contribution is -2.22. The standard InChI is InChI=1S/C17H18N4/c1-17(2,13-6-4-3-5-7-13)16-20-19-15-14(12-8-9-12)18-10-11-21(15)16/h3-7,10-12H,8-9H2,1-2H3. The van der Waals surface area contributed by atoms with E-state index >= 15 is 0 Å². The number of rotatable bonds is 3. The van der Waals surface area contributed by atoms with Crippen LogP contribution in [0.15, 0.2) is 42.7 Å². The van der Waals surface area contributed by atoms with Crippen molar-refractivity contribution in [3.8, 4) is 0 Å². The predicted molar refractivity (Wildman–Crippen MR) is 81.3 cm³/mol. The second-order valence-electron chi connectivity index (χ2n) is 6.29. The molecule has 1 aromatic carbocycles. The maximum absolute atomic E-state index is 4.51. The topological polar surface area (TPSA) is 43.1 Å². The number of hydrogen-bond acceptors (Lipinski definition) is 3. The normalized spacial score (nSPS) is 15.5. The Hall–Kier alpha value is -2.23. The third-order valence-corrected chi connectivity index (χ3v) is 4.37. The molecule has 0 aliphatic heterocycles. The number of fused-ring (bicyclic) bond motifs is 1. The summed E-state index contributed by atoms with van der Waals surface area (Å²) in [6, 6.07) is 10.5. The molecular weight excluding hydrogens is 260 g/mol. The fourth-order valence-electron chi connectivity index (χ4n) is 2.90. The lowest BCUT2D eigenvalue weighted by molar-refractivity contribution is 0.582. The van der Waals surface area contributed by atoms with Crippen LogP contribution in [0.1, 0.15) is 49.7 Å². The van der Waals surface area contributed by atoms with Crippen molar-refractivity contribution in [1.82, 2.24) is 19.6 Å². The highest BCUT2D eigenvalue weighted by molar-refractivity contribution is 5.48. The Balaban J connectivity index is 1.89. The molecule has 0 unspecified atom stereocenters. The number of hydrogen-bond donors (Lipinski definition) is 0. The Kier molecular flexibility index (Phi) is 2.61. The van der Waals surface area contributed by atoms with Crippen LogP contribution in [0.5, 0.6) is 0 Å². The first kappa shape index (κ1) is 12.5. The first-order chi connectivity index (χ1) is 10.2. The van der Waals surface area contributed by atoms with Crippen LogP contribution in [0.25, 0.3) is 5.65 Å². The molecule has 0 saturated heterocycles. The molecule has 1 fully saturated rings. The summed E-state index contributed by atoms with van der Waals surface area (Å²) < 4.78 is 2.10. The Bertz CT molecular complexity index is 785. The van der Waals surface area contributed by atoms with E-state index in [9.17, 15) is 0 Å². The average molecular weight is 278 g/mol. The van der Waals surface area contributed by atoms with Crippen LogP contribution in [-0.2, 0) is 5.41 Å². The minimum atomic E-state index is -0.192. The summed E-state index contributed by atoms with van der Waals surface area (Å²) in [6.45, 7) is 4.38. The van der Waals surface area contributed by atoms with E-state index in [0.29, 0.717) is 5.92 Å². The van der Waals surface area contributed by atoms with Gasteiger partial charge in [-0.3, -0.25) is 9.38 Å². The summed E-state index contributed by atoms with van der Waals surface area (Å²) in [5.74, 6) is 1.54. The van der Waals surface area contributed by atoms with Crippen LogP contribution in [0.4, 0.5) is 0 Å². The predicted octanol–water partition coefficient (Wildman–Crippen LogP) is 3.33. The molecule has 2 aromatic heterocycles. The maximum atomic E-state index is 4.51. The summed E-state index contributed by atoms with van der Waals surface area (Å²) in [6.07, 6.45) is 6.28. The van der Waals surface area contributed by atoms with Crippen LogP contribution in [0.2, 0.25) is 0 Å². The van der Waals surface area contributed by atoms with Crippen molar-refractivity contribution < 1.29 is 0 Å². The van der Waals surface area contributed by atoms with Gasteiger partial charge in [-0.15, -0.1) is 10.2 Å². The molecular formula is C17H18N4. The van der Waals surface area contributed by atoms with Gasteiger partial charge < -0.3 is 0 Å². The minimum absolute atomic E-state index is 0.192. The summed E-state index contributed by atoms with van der Waals surface area (Å²) in [4.78, 5) is 4.51. The molecule has 0 bridgehead atoms. The van der Waals surface area contributed by atoms with Gasteiger partial charge in [0.1, 0.15) is 5.82 Å². The summed E-state index contributed by atoms with van der Waals surface area (Å²) in [5.41, 5.74) is 3.06. The Morgan fingerprint density at radius 3 is 2.57 bits per heavy atom. The zero-order valence-electron chi connectivity index (χ0n) is 12.3. The molecule has 2 heterocycles. The Labute approximate surface area is 123 Å². The molecule has 0 spiro atoms. The maximum Gasteiger partial charge on any atom is 0.182 e. The lowest BCUT2D eigenvalue weighted by Gasteiger charge is -2.23. The van der Waals surface area contributed by atoms with Crippen LogP contribution in [0.3, 0.4) is 0 Å². The van der Waals surface area contributed by atoms with Gasteiger partial charge in [-0.25, -0.2) is 0 Å². The van der Waals surface area contributed by atoms with E-state index in [1.54, 1.807) is 0 Å². The highest BCUT2D eigenvalue weighted by atomic mass is 15.3.